The summed E-state index contributed by atoms with van der Waals surface area (Å²) in [5, 5.41) is 5.22. The van der Waals surface area contributed by atoms with Crippen LogP contribution in [0.5, 0.6) is 5.75 Å². The number of nitrogens with zero attached hydrogens (tertiary/aromatic N) is 6. The zero-order chi connectivity index (χ0) is 27.4. The summed E-state index contributed by atoms with van der Waals surface area (Å²) in [6.07, 6.45) is 4.64. The van der Waals surface area contributed by atoms with Crippen molar-refractivity contribution in [3.05, 3.63) is 101 Å². The number of pyridine rings is 1. The SMILES string of the molecule is Clc1ccc(C2(Cn3cncn3)OCC(COc3ccc(N4CCN(Cc5ccccn5)CC4)cc3)O2)c(Cl)c1. The van der Waals surface area contributed by atoms with E-state index in [0.29, 0.717) is 28.8 Å². The van der Waals surface area contributed by atoms with Gasteiger partial charge < -0.3 is 19.1 Å². The minimum atomic E-state index is -1.13. The molecule has 9 nitrogen and oxygen atoms in total. The highest BCUT2D eigenvalue weighted by atomic mass is 35.5. The monoisotopic (exact) mass is 580 g/mol. The standard InChI is InChI=1S/C29H30Cl2N6O3/c30-22-4-9-27(28(31)15-22)29(19-37-21-32-20-34-37)39-18-26(40-29)17-38-25-7-5-24(6-8-25)36-13-11-35(12-14-36)16-23-3-1-2-10-33-23/h1-10,15,20-21,26H,11-14,16-19H2. The Kier molecular flexibility index (Phi) is 8.17. The molecule has 2 aliphatic heterocycles. The number of halogens is 2. The van der Waals surface area contributed by atoms with Crippen LogP contribution in [0.2, 0.25) is 10.0 Å². The Hall–Kier alpha value is -3.21. The Bertz CT molecular complexity index is 1380. The molecule has 2 aliphatic rings. The number of aromatic nitrogens is 4. The van der Waals surface area contributed by atoms with Crippen LogP contribution < -0.4 is 9.64 Å². The lowest BCUT2D eigenvalue weighted by atomic mass is 10.1. The van der Waals surface area contributed by atoms with Crippen molar-refractivity contribution < 1.29 is 14.2 Å². The van der Waals surface area contributed by atoms with Gasteiger partial charge in [-0.05, 0) is 48.5 Å². The van der Waals surface area contributed by atoms with E-state index in [9.17, 15) is 0 Å². The van der Waals surface area contributed by atoms with Crippen molar-refractivity contribution in [2.24, 2.45) is 0 Å². The Morgan fingerprint density at radius 1 is 1.00 bits per heavy atom. The summed E-state index contributed by atoms with van der Waals surface area (Å²) in [7, 11) is 0. The molecule has 2 atom stereocenters. The summed E-state index contributed by atoms with van der Waals surface area (Å²) < 4.78 is 20.4. The Morgan fingerprint density at radius 2 is 1.85 bits per heavy atom. The number of ether oxygens (including phenoxy) is 3. The molecule has 2 aromatic carbocycles. The molecule has 2 saturated heterocycles. The van der Waals surface area contributed by atoms with Crippen LogP contribution >= 0.6 is 23.2 Å². The zero-order valence-corrected chi connectivity index (χ0v) is 23.4. The predicted molar refractivity (Wildman–Crippen MR) is 153 cm³/mol. The Labute approximate surface area is 243 Å². The molecule has 208 valence electrons. The number of hydrogen-bond acceptors (Lipinski definition) is 8. The molecule has 4 aromatic rings. The van der Waals surface area contributed by atoms with E-state index in [-0.39, 0.29) is 12.6 Å². The predicted octanol–water partition coefficient (Wildman–Crippen LogP) is 4.65. The topological polar surface area (TPSA) is 77.8 Å². The molecule has 2 aromatic heterocycles. The first-order valence-electron chi connectivity index (χ1n) is 13.3. The van der Waals surface area contributed by atoms with Crippen LogP contribution in [0.1, 0.15) is 11.3 Å². The van der Waals surface area contributed by atoms with Crippen LogP contribution in [0.3, 0.4) is 0 Å². The van der Waals surface area contributed by atoms with Gasteiger partial charge in [0.2, 0.25) is 5.79 Å². The minimum absolute atomic E-state index is 0.286. The third-order valence-electron chi connectivity index (χ3n) is 7.16. The van der Waals surface area contributed by atoms with E-state index >= 15 is 0 Å². The minimum Gasteiger partial charge on any atom is -0.491 e. The number of benzene rings is 2. The fourth-order valence-electron chi connectivity index (χ4n) is 5.11. The second-order valence-corrected chi connectivity index (χ2v) is 10.8. The molecule has 0 N–H and O–H groups in total. The normalized spacial score (nSPS) is 21.6. The molecule has 40 heavy (non-hydrogen) atoms. The highest BCUT2D eigenvalue weighted by molar-refractivity contribution is 6.35. The van der Waals surface area contributed by atoms with Crippen molar-refractivity contribution >= 4 is 28.9 Å². The van der Waals surface area contributed by atoms with Gasteiger partial charge in [-0.2, -0.15) is 5.10 Å². The van der Waals surface area contributed by atoms with Gasteiger partial charge >= 0.3 is 0 Å². The average molecular weight is 582 g/mol. The maximum Gasteiger partial charge on any atom is 0.217 e. The van der Waals surface area contributed by atoms with Crippen LogP contribution in [0, 0.1) is 0 Å². The van der Waals surface area contributed by atoms with Gasteiger partial charge in [0.05, 0.1) is 17.3 Å². The van der Waals surface area contributed by atoms with Crippen LogP contribution in [-0.4, -0.2) is 70.1 Å². The van der Waals surface area contributed by atoms with E-state index in [4.69, 9.17) is 37.4 Å². The van der Waals surface area contributed by atoms with Crippen LogP contribution in [0.15, 0.2) is 79.5 Å². The van der Waals surface area contributed by atoms with E-state index in [1.165, 1.54) is 12.0 Å². The number of piperazine rings is 1. The molecule has 0 bridgehead atoms. The molecule has 0 saturated carbocycles. The number of hydrogen-bond donors (Lipinski definition) is 0. The fraction of sp³-hybridized carbons (Fsp3) is 0.345. The van der Waals surface area contributed by atoms with Gasteiger partial charge in [-0.3, -0.25) is 9.88 Å². The lowest BCUT2D eigenvalue weighted by Gasteiger charge is -2.36. The second kappa shape index (κ2) is 12.1. The summed E-state index contributed by atoms with van der Waals surface area (Å²) in [5.41, 5.74) is 2.98. The van der Waals surface area contributed by atoms with Crippen molar-refractivity contribution in [1.82, 2.24) is 24.6 Å². The fourth-order valence-corrected chi connectivity index (χ4v) is 5.66. The third kappa shape index (κ3) is 6.24. The molecule has 2 unspecified atom stereocenters. The van der Waals surface area contributed by atoms with Crippen molar-refractivity contribution in [3.63, 3.8) is 0 Å². The smallest absolute Gasteiger partial charge is 0.217 e. The largest absolute Gasteiger partial charge is 0.491 e. The molecular formula is C29H30Cl2N6O3. The van der Waals surface area contributed by atoms with Crippen LogP contribution in [-0.2, 0) is 28.4 Å². The Morgan fingerprint density at radius 3 is 2.58 bits per heavy atom. The zero-order valence-electron chi connectivity index (χ0n) is 21.9. The van der Waals surface area contributed by atoms with E-state index in [1.807, 2.05) is 36.5 Å². The van der Waals surface area contributed by atoms with Gasteiger partial charge in [0, 0.05) is 55.2 Å². The van der Waals surface area contributed by atoms with Crippen LogP contribution in [0.25, 0.3) is 0 Å². The molecule has 2 fully saturated rings. The summed E-state index contributed by atoms with van der Waals surface area (Å²) in [4.78, 5) is 13.3. The van der Waals surface area contributed by atoms with Gasteiger partial charge in [-0.25, -0.2) is 9.67 Å². The molecule has 6 rings (SSSR count). The van der Waals surface area contributed by atoms with Gasteiger partial charge in [0.25, 0.3) is 0 Å². The number of rotatable bonds is 9. The first-order valence-corrected chi connectivity index (χ1v) is 14.0. The van der Waals surface area contributed by atoms with Crippen molar-refractivity contribution in [3.8, 4) is 5.75 Å². The molecule has 11 heteroatoms. The highest BCUT2D eigenvalue weighted by Gasteiger charge is 2.45. The third-order valence-corrected chi connectivity index (χ3v) is 7.71. The van der Waals surface area contributed by atoms with Gasteiger partial charge in [-0.1, -0.05) is 35.3 Å². The molecule has 0 aliphatic carbocycles. The maximum atomic E-state index is 6.55. The van der Waals surface area contributed by atoms with E-state index in [1.54, 1.807) is 23.1 Å². The first-order chi connectivity index (χ1) is 19.6. The quantitative estimate of drug-likeness (QED) is 0.283. The lowest BCUT2D eigenvalue weighted by Crippen LogP contribution is -2.46. The first kappa shape index (κ1) is 27.0. The van der Waals surface area contributed by atoms with Crippen molar-refractivity contribution in [2.75, 3.05) is 44.3 Å². The summed E-state index contributed by atoms with van der Waals surface area (Å²) in [6.45, 7) is 5.80. The van der Waals surface area contributed by atoms with E-state index in [2.05, 4.69) is 43.1 Å². The summed E-state index contributed by atoms with van der Waals surface area (Å²) >= 11 is 12.7. The molecule has 0 spiro atoms. The second-order valence-electron chi connectivity index (χ2n) is 9.91. The molecule has 4 heterocycles. The lowest BCUT2D eigenvalue weighted by molar-refractivity contribution is -0.190. The summed E-state index contributed by atoms with van der Waals surface area (Å²) in [6, 6.07) is 19.6. The average Bonchev–Trinajstić information content (AvgIpc) is 3.64. The van der Waals surface area contributed by atoms with Gasteiger partial charge in [-0.15, -0.1) is 0 Å². The molecule has 0 radical (unpaired) electrons. The van der Waals surface area contributed by atoms with Crippen molar-refractivity contribution in [1.29, 1.82) is 0 Å². The van der Waals surface area contributed by atoms with Gasteiger partial charge in [0.1, 0.15) is 37.7 Å². The maximum absolute atomic E-state index is 6.55. The van der Waals surface area contributed by atoms with E-state index in [0.717, 1.165) is 44.2 Å². The van der Waals surface area contributed by atoms with Crippen molar-refractivity contribution in [2.45, 2.75) is 25.0 Å². The molecular weight excluding hydrogens is 551 g/mol. The Balaban J connectivity index is 1.04. The van der Waals surface area contributed by atoms with Gasteiger partial charge in [0.15, 0.2) is 0 Å². The van der Waals surface area contributed by atoms with E-state index < -0.39 is 5.79 Å². The highest BCUT2D eigenvalue weighted by Crippen LogP contribution is 2.40. The summed E-state index contributed by atoms with van der Waals surface area (Å²) in [5.74, 6) is -0.356. The number of anilines is 1. The van der Waals surface area contributed by atoms with Crippen LogP contribution in [0.4, 0.5) is 5.69 Å². The molecule has 0 amide bonds.